The van der Waals surface area contributed by atoms with Gasteiger partial charge in [0, 0.05) is 30.9 Å². The van der Waals surface area contributed by atoms with Crippen molar-refractivity contribution in [1.82, 2.24) is 10.2 Å². The Morgan fingerprint density at radius 1 is 1.38 bits per heavy atom. The summed E-state index contributed by atoms with van der Waals surface area (Å²) in [5.41, 5.74) is 1.10. The zero-order chi connectivity index (χ0) is 18.6. The Kier molecular flexibility index (Phi) is 8.69. The predicted octanol–water partition coefficient (Wildman–Crippen LogP) is 2.51. The molecule has 1 unspecified atom stereocenters. The van der Waals surface area contributed by atoms with E-state index in [-0.39, 0.29) is 0 Å². The third kappa shape index (κ3) is 6.88. The summed E-state index contributed by atoms with van der Waals surface area (Å²) in [4.78, 5) is 17.1. The third-order valence-corrected chi connectivity index (χ3v) is 4.35. The number of carbonyl (C=O) groups excluding carboxylic acids is 1. The lowest BCUT2D eigenvalue weighted by Crippen LogP contribution is -2.40. The number of likely N-dealkylation sites (tertiary alicyclic amines) is 1. The first-order valence-electron chi connectivity index (χ1n) is 9.05. The van der Waals surface area contributed by atoms with Crippen molar-refractivity contribution in [3.8, 4) is 11.5 Å². The van der Waals surface area contributed by atoms with E-state index >= 15 is 0 Å². The Bertz CT molecular complexity index is 616. The van der Waals surface area contributed by atoms with E-state index in [0.717, 1.165) is 36.8 Å². The maximum atomic E-state index is 10.2. The van der Waals surface area contributed by atoms with Crippen molar-refractivity contribution in [3.63, 3.8) is 0 Å². The molecule has 0 radical (unpaired) electrons. The molecule has 2 rings (SSSR count). The van der Waals surface area contributed by atoms with Gasteiger partial charge in [0.05, 0.1) is 20.3 Å². The number of hydrogen-bond donors (Lipinski definition) is 1. The number of ether oxygens (including phenoxy) is 2. The Morgan fingerprint density at radius 3 is 2.96 bits per heavy atom. The highest BCUT2D eigenvalue weighted by Gasteiger charge is 2.21. The highest BCUT2D eigenvalue weighted by molar-refractivity contribution is 5.84. The average Bonchev–Trinajstić information content (AvgIpc) is 2.66. The highest BCUT2D eigenvalue weighted by atomic mass is 16.5. The molecule has 1 atom stereocenters. The van der Waals surface area contributed by atoms with Gasteiger partial charge in [-0.2, -0.15) is 0 Å². The fourth-order valence-electron chi connectivity index (χ4n) is 3.12. The molecule has 0 aliphatic carbocycles. The van der Waals surface area contributed by atoms with Gasteiger partial charge >= 0.3 is 0 Å². The van der Waals surface area contributed by atoms with E-state index in [2.05, 4.69) is 22.1 Å². The van der Waals surface area contributed by atoms with Crippen LogP contribution in [0.25, 0.3) is 0 Å². The van der Waals surface area contributed by atoms with Crippen LogP contribution < -0.4 is 14.8 Å². The zero-order valence-corrected chi connectivity index (χ0v) is 15.7. The molecular formula is C20H29N3O3. The first-order chi connectivity index (χ1) is 12.7. The molecule has 1 aliphatic rings. The smallest absolute Gasteiger partial charge is 0.211 e. The third-order valence-electron chi connectivity index (χ3n) is 4.35. The molecule has 26 heavy (non-hydrogen) atoms. The maximum Gasteiger partial charge on any atom is 0.211 e. The second-order valence-electron chi connectivity index (χ2n) is 6.47. The number of nitrogens with zero attached hydrogens (tertiary/aromatic N) is 2. The van der Waals surface area contributed by atoms with Gasteiger partial charge in [-0.15, -0.1) is 0 Å². The Hall–Kier alpha value is -2.34. The van der Waals surface area contributed by atoms with Crippen molar-refractivity contribution in [2.24, 2.45) is 10.9 Å². The van der Waals surface area contributed by atoms with E-state index in [1.165, 1.54) is 12.8 Å². The van der Waals surface area contributed by atoms with Crippen LogP contribution in [0.4, 0.5) is 0 Å². The monoisotopic (exact) mass is 359 g/mol. The summed E-state index contributed by atoms with van der Waals surface area (Å²) in [6, 6.07) is 7.77. The molecule has 1 saturated heterocycles. The zero-order valence-electron chi connectivity index (χ0n) is 15.7. The molecule has 1 aliphatic heterocycles. The molecule has 0 spiro atoms. The number of methoxy groups -OCH3 is 1. The van der Waals surface area contributed by atoms with E-state index in [9.17, 15) is 4.79 Å². The number of piperidine rings is 1. The molecule has 1 N–H and O–H groups in total. The van der Waals surface area contributed by atoms with E-state index in [1.807, 2.05) is 30.3 Å². The van der Waals surface area contributed by atoms with Gasteiger partial charge in [-0.1, -0.05) is 12.1 Å². The first-order valence-corrected chi connectivity index (χ1v) is 9.05. The molecule has 1 heterocycles. The summed E-state index contributed by atoms with van der Waals surface area (Å²) in [6.45, 7) is 6.33. The normalized spacial score (nSPS) is 18.7. The van der Waals surface area contributed by atoms with Crippen molar-refractivity contribution in [2.75, 3.05) is 39.9 Å². The minimum absolute atomic E-state index is 0.512. The molecule has 6 nitrogen and oxygen atoms in total. The van der Waals surface area contributed by atoms with Crippen LogP contribution in [0.3, 0.4) is 0 Å². The van der Waals surface area contributed by atoms with E-state index < -0.39 is 0 Å². The van der Waals surface area contributed by atoms with Crippen LogP contribution in [-0.4, -0.2) is 56.9 Å². The summed E-state index contributed by atoms with van der Waals surface area (Å²) in [5.74, 6) is 2.10. The number of nitrogens with one attached hydrogen (secondary N) is 1. The van der Waals surface area contributed by atoms with Gasteiger partial charge in [0.25, 0.3) is 0 Å². The van der Waals surface area contributed by atoms with Crippen LogP contribution in [-0.2, 0) is 4.79 Å². The average molecular weight is 359 g/mol. The van der Waals surface area contributed by atoms with Crippen LogP contribution in [0.2, 0.25) is 0 Å². The molecular weight excluding hydrogens is 330 g/mol. The van der Waals surface area contributed by atoms with Crippen molar-refractivity contribution in [1.29, 1.82) is 0 Å². The maximum absolute atomic E-state index is 10.2. The minimum atomic E-state index is 0.512. The largest absolute Gasteiger partial charge is 0.493 e. The van der Waals surface area contributed by atoms with Gasteiger partial charge < -0.3 is 14.8 Å². The molecule has 6 heteroatoms. The van der Waals surface area contributed by atoms with Gasteiger partial charge in [0.2, 0.25) is 6.41 Å². The van der Waals surface area contributed by atoms with Crippen LogP contribution in [0.1, 0.15) is 19.8 Å². The van der Waals surface area contributed by atoms with Crippen molar-refractivity contribution in [3.05, 3.63) is 36.5 Å². The fraction of sp³-hybridized carbons (Fsp3) is 0.500. The Morgan fingerprint density at radius 2 is 2.19 bits per heavy atom. The summed E-state index contributed by atoms with van der Waals surface area (Å²) in [6.07, 6.45) is 6.44. The van der Waals surface area contributed by atoms with Crippen molar-refractivity contribution >= 4 is 12.1 Å². The van der Waals surface area contributed by atoms with E-state index in [1.54, 1.807) is 13.3 Å². The number of rotatable bonds is 10. The molecule has 1 amide bonds. The first kappa shape index (κ1) is 20.0. The number of para-hydroxylation sites is 2. The lowest BCUT2D eigenvalue weighted by atomic mass is 9.99. The standard InChI is InChI=1S/C20H29N3O3/c1-17(22-11-6-10-21-16-24)13-23-12-5-7-18(14-23)15-26-20-9-4-3-8-19(20)25-2/h3-4,6,8-10,16,18H,5,7,11-15H2,1-2H3,(H,21,24). The van der Waals surface area contributed by atoms with Gasteiger partial charge in [0.1, 0.15) is 0 Å². The molecule has 1 fully saturated rings. The van der Waals surface area contributed by atoms with Crippen molar-refractivity contribution in [2.45, 2.75) is 19.8 Å². The lowest BCUT2D eigenvalue weighted by Gasteiger charge is -2.32. The second kappa shape index (κ2) is 11.3. The van der Waals surface area contributed by atoms with Gasteiger partial charge in [0.15, 0.2) is 11.5 Å². The molecule has 0 aromatic heterocycles. The van der Waals surface area contributed by atoms with Crippen LogP contribution in [0.5, 0.6) is 11.5 Å². The quantitative estimate of drug-likeness (QED) is 0.515. The summed E-state index contributed by atoms with van der Waals surface area (Å²) >= 11 is 0. The van der Waals surface area contributed by atoms with E-state index in [4.69, 9.17) is 9.47 Å². The Labute approximate surface area is 155 Å². The predicted molar refractivity (Wildman–Crippen MR) is 104 cm³/mol. The number of carbonyl (C=O) groups is 1. The van der Waals surface area contributed by atoms with Gasteiger partial charge in [-0.05, 0) is 44.5 Å². The van der Waals surface area contributed by atoms with Crippen LogP contribution in [0.15, 0.2) is 41.5 Å². The van der Waals surface area contributed by atoms with E-state index in [0.29, 0.717) is 25.5 Å². The lowest BCUT2D eigenvalue weighted by molar-refractivity contribution is -0.108. The Balaban J connectivity index is 1.77. The highest BCUT2D eigenvalue weighted by Crippen LogP contribution is 2.27. The summed E-state index contributed by atoms with van der Waals surface area (Å²) < 4.78 is 11.3. The number of amides is 1. The molecule has 0 saturated carbocycles. The minimum Gasteiger partial charge on any atom is -0.493 e. The molecule has 142 valence electrons. The summed E-state index contributed by atoms with van der Waals surface area (Å²) in [7, 11) is 1.66. The number of benzene rings is 1. The van der Waals surface area contributed by atoms with Gasteiger partial charge in [-0.25, -0.2) is 0 Å². The number of aliphatic imine (C=N–C) groups is 1. The SMILES string of the molecule is COc1ccccc1OCC1CCCN(CC(C)=NCC=CNC=O)C1. The molecule has 1 aromatic rings. The fourth-order valence-corrected chi connectivity index (χ4v) is 3.12. The van der Waals surface area contributed by atoms with Crippen LogP contribution in [0, 0.1) is 5.92 Å². The second-order valence-corrected chi connectivity index (χ2v) is 6.47. The molecule has 1 aromatic carbocycles. The van der Waals surface area contributed by atoms with Crippen molar-refractivity contribution < 1.29 is 14.3 Å². The molecule has 0 bridgehead atoms. The number of hydrogen-bond acceptors (Lipinski definition) is 5. The van der Waals surface area contributed by atoms with Gasteiger partial charge in [-0.3, -0.25) is 14.7 Å². The van der Waals surface area contributed by atoms with Crippen LogP contribution >= 0.6 is 0 Å². The summed E-state index contributed by atoms with van der Waals surface area (Å²) in [5, 5.41) is 2.48. The topological polar surface area (TPSA) is 63.2 Å².